The van der Waals surface area contributed by atoms with Gasteiger partial charge in [-0.15, -0.1) is 0 Å². The van der Waals surface area contributed by atoms with Gasteiger partial charge in [0.25, 0.3) is 0 Å². The highest BCUT2D eigenvalue weighted by Crippen LogP contribution is 2.12. The molecular weight excluding hydrogens is 235 g/mol. The predicted molar refractivity (Wildman–Crippen MR) is 55.9 cm³/mol. The number of hydrogen-bond acceptors (Lipinski definition) is 4. The van der Waals surface area contributed by atoms with Crippen LogP contribution in [-0.4, -0.2) is 14.4 Å². The van der Waals surface area contributed by atoms with Gasteiger partial charge in [0.1, 0.15) is 23.1 Å². The van der Waals surface area contributed by atoms with Crippen molar-refractivity contribution in [2.75, 3.05) is 0 Å². The van der Waals surface area contributed by atoms with E-state index in [9.17, 15) is 17.6 Å². The molecule has 0 saturated heterocycles. The summed E-state index contributed by atoms with van der Waals surface area (Å²) >= 11 is 0. The molecule has 1 aromatic carbocycles. The van der Waals surface area contributed by atoms with E-state index in [1.807, 2.05) is 0 Å². The van der Waals surface area contributed by atoms with Crippen LogP contribution in [0.15, 0.2) is 18.2 Å². The van der Waals surface area contributed by atoms with Gasteiger partial charge in [0.15, 0.2) is 0 Å². The largest absolute Gasteiger partial charge is 0.461 e. The highest BCUT2D eigenvalue weighted by molar-refractivity contribution is 7.71. The summed E-state index contributed by atoms with van der Waals surface area (Å²) in [5, 5.41) is 0. The Morgan fingerprint density at radius 2 is 2.12 bits per heavy atom. The van der Waals surface area contributed by atoms with Gasteiger partial charge in [-0.05, 0) is 11.6 Å². The van der Waals surface area contributed by atoms with Crippen LogP contribution in [0, 0.1) is 5.82 Å². The highest BCUT2D eigenvalue weighted by atomic mass is 32.2. The van der Waals surface area contributed by atoms with Crippen LogP contribution in [0.5, 0.6) is 0 Å². The number of carbonyl (C=O) groups excluding carboxylic acids is 1. The number of esters is 1. The average Bonchev–Trinajstić information content (AvgIpc) is 2.18. The minimum absolute atomic E-state index is 0.0178. The molecule has 0 radical (unpaired) electrons. The van der Waals surface area contributed by atoms with Crippen molar-refractivity contribution in [1.29, 1.82) is 0 Å². The SMILES string of the molecule is CC(=O)OCc1ccc(C[SH](=O)=O)c(F)c1. The van der Waals surface area contributed by atoms with Crippen LogP contribution in [0.3, 0.4) is 0 Å². The molecule has 0 heterocycles. The fraction of sp³-hybridized carbons (Fsp3) is 0.300. The fourth-order valence-electron chi connectivity index (χ4n) is 1.13. The van der Waals surface area contributed by atoms with E-state index in [-0.39, 0.29) is 17.9 Å². The van der Waals surface area contributed by atoms with Gasteiger partial charge in [0.05, 0.1) is 5.75 Å². The number of ether oxygens (including phenoxy) is 1. The van der Waals surface area contributed by atoms with Crippen molar-refractivity contribution in [3.8, 4) is 0 Å². The van der Waals surface area contributed by atoms with Gasteiger partial charge in [-0.25, -0.2) is 12.8 Å². The van der Waals surface area contributed by atoms with Crippen molar-refractivity contribution in [3.63, 3.8) is 0 Å². The van der Waals surface area contributed by atoms with Gasteiger partial charge in [-0.3, -0.25) is 4.79 Å². The Bertz CT molecular complexity index is 460. The normalized spacial score (nSPS) is 10.4. The molecular formula is C10H11FO4S. The van der Waals surface area contributed by atoms with Crippen molar-refractivity contribution in [2.24, 2.45) is 0 Å². The van der Waals surface area contributed by atoms with Gasteiger partial charge in [-0.2, -0.15) is 0 Å². The molecule has 1 aromatic rings. The monoisotopic (exact) mass is 246 g/mol. The van der Waals surface area contributed by atoms with E-state index in [4.69, 9.17) is 0 Å². The second kappa shape index (κ2) is 5.60. The zero-order chi connectivity index (χ0) is 12.1. The van der Waals surface area contributed by atoms with Gasteiger partial charge in [-0.1, -0.05) is 12.1 Å². The molecule has 0 aliphatic carbocycles. The van der Waals surface area contributed by atoms with Crippen LogP contribution in [-0.2, 0) is 32.6 Å². The van der Waals surface area contributed by atoms with E-state index in [0.717, 1.165) is 6.07 Å². The molecule has 0 aromatic heterocycles. The lowest BCUT2D eigenvalue weighted by Crippen LogP contribution is -2.00. The summed E-state index contributed by atoms with van der Waals surface area (Å²) in [6.45, 7) is 1.24. The summed E-state index contributed by atoms with van der Waals surface area (Å²) in [5.41, 5.74) is 0.597. The quantitative estimate of drug-likeness (QED) is 0.636. The first-order valence-corrected chi connectivity index (χ1v) is 5.88. The van der Waals surface area contributed by atoms with Crippen LogP contribution in [0.25, 0.3) is 0 Å². The van der Waals surface area contributed by atoms with E-state index < -0.39 is 22.5 Å². The Labute approximate surface area is 94.0 Å². The Morgan fingerprint density at radius 1 is 1.44 bits per heavy atom. The predicted octanol–water partition coefficient (Wildman–Crippen LogP) is 1.00. The molecule has 0 bridgehead atoms. The van der Waals surface area contributed by atoms with E-state index in [2.05, 4.69) is 4.74 Å². The molecule has 1 rings (SSSR count). The Balaban J connectivity index is 2.78. The minimum atomic E-state index is -2.65. The van der Waals surface area contributed by atoms with E-state index in [1.54, 1.807) is 0 Å². The molecule has 0 saturated carbocycles. The maximum absolute atomic E-state index is 13.3. The van der Waals surface area contributed by atoms with Crippen LogP contribution < -0.4 is 0 Å². The fourth-order valence-corrected chi connectivity index (χ4v) is 1.67. The number of carbonyl (C=O) groups is 1. The first kappa shape index (κ1) is 12.6. The molecule has 6 heteroatoms. The highest BCUT2D eigenvalue weighted by Gasteiger charge is 2.05. The summed E-state index contributed by atoms with van der Waals surface area (Å²) in [6.07, 6.45) is 0. The Kier molecular flexibility index (Phi) is 4.42. The number of hydrogen-bond donors (Lipinski definition) is 1. The van der Waals surface area contributed by atoms with Gasteiger partial charge < -0.3 is 4.74 Å². The van der Waals surface area contributed by atoms with Gasteiger partial charge >= 0.3 is 5.97 Å². The van der Waals surface area contributed by atoms with Crippen molar-refractivity contribution in [3.05, 3.63) is 35.1 Å². The lowest BCUT2D eigenvalue weighted by molar-refractivity contribution is -0.142. The zero-order valence-corrected chi connectivity index (χ0v) is 9.50. The molecule has 0 spiro atoms. The number of rotatable bonds is 4. The maximum atomic E-state index is 13.3. The van der Waals surface area contributed by atoms with Crippen LogP contribution in [0.2, 0.25) is 0 Å². The van der Waals surface area contributed by atoms with Crippen molar-refractivity contribution in [1.82, 2.24) is 0 Å². The maximum Gasteiger partial charge on any atom is 0.302 e. The summed E-state index contributed by atoms with van der Waals surface area (Å²) in [6, 6.07) is 4.07. The molecule has 0 aliphatic rings. The summed E-state index contributed by atoms with van der Waals surface area (Å²) < 4.78 is 38.8. The number of benzene rings is 1. The first-order valence-electron chi connectivity index (χ1n) is 4.51. The zero-order valence-electron chi connectivity index (χ0n) is 8.60. The second-order valence-corrected chi connectivity index (χ2v) is 4.18. The molecule has 88 valence electrons. The van der Waals surface area contributed by atoms with Crippen molar-refractivity contribution < 1.29 is 22.3 Å². The van der Waals surface area contributed by atoms with Gasteiger partial charge in [0, 0.05) is 12.5 Å². The van der Waals surface area contributed by atoms with E-state index in [1.165, 1.54) is 19.1 Å². The molecule has 4 nitrogen and oxygen atoms in total. The summed E-state index contributed by atoms with van der Waals surface area (Å²) in [4.78, 5) is 10.5. The molecule has 0 aliphatic heterocycles. The smallest absolute Gasteiger partial charge is 0.302 e. The first-order chi connectivity index (χ1) is 7.49. The lowest BCUT2D eigenvalue weighted by Gasteiger charge is -2.04. The van der Waals surface area contributed by atoms with E-state index in [0.29, 0.717) is 5.56 Å². The Morgan fingerprint density at radius 3 is 2.62 bits per heavy atom. The van der Waals surface area contributed by atoms with Crippen LogP contribution in [0.4, 0.5) is 4.39 Å². The molecule has 0 atom stereocenters. The molecule has 0 unspecified atom stereocenters. The third-order valence-electron chi connectivity index (χ3n) is 1.86. The third-order valence-corrected chi connectivity index (χ3v) is 2.46. The van der Waals surface area contributed by atoms with Crippen LogP contribution in [0.1, 0.15) is 18.1 Å². The van der Waals surface area contributed by atoms with Crippen molar-refractivity contribution >= 4 is 16.7 Å². The van der Waals surface area contributed by atoms with E-state index >= 15 is 0 Å². The Hall–Kier alpha value is -1.43. The third kappa shape index (κ3) is 3.98. The molecule has 0 N–H and O–H groups in total. The average molecular weight is 246 g/mol. The van der Waals surface area contributed by atoms with Crippen LogP contribution >= 0.6 is 0 Å². The standard InChI is InChI=1S/C10H11FO4S/c1-7(12)15-5-8-2-3-9(6-16(13)14)10(11)4-8/h2-4,16H,5-6H2,1H3. The molecule has 0 amide bonds. The minimum Gasteiger partial charge on any atom is -0.461 e. The molecule has 16 heavy (non-hydrogen) atoms. The van der Waals surface area contributed by atoms with Gasteiger partial charge in [0.2, 0.25) is 0 Å². The summed E-state index contributed by atoms with van der Waals surface area (Å²) in [7, 11) is -2.65. The van der Waals surface area contributed by atoms with Crippen molar-refractivity contribution in [2.45, 2.75) is 19.3 Å². The number of halogens is 1. The number of thiol groups is 1. The summed E-state index contributed by atoms with van der Waals surface area (Å²) in [5.74, 6) is -1.38. The second-order valence-electron chi connectivity index (χ2n) is 3.20. The molecule has 0 fully saturated rings. The topological polar surface area (TPSA) is 60.4 Å². The lowest BCUT2D eigenvalue weighted by atomic mass is 10.1.